The van der Waals surface area contributed by atoms with E-state index >= 15 is 0 Å². The summed E-state index contributed by atoms with van der Waals surface area (Å²) in [6.45, 7) is 1.18. The number of nitrogens with zero attached hydrogens (tertiary/aromatic N) is 2. The molecule has 0 saturated carbocycles. The van der Waals surface area contributed by atoms with Gasteiger partial charge in [-0.2, -0.15) is 10.2 Å². The average molecular weight is 342 g/mol. The zero-order valence-electron chi connectivity index (χ0n) is 12.1. The predicted octanol–water partition coefficient (Wildman–Crippen LogP) is -0.443. The van der Waals surface area contributed by atoms with Gasteiger partial charge in [-0.3, -0.25) is 10.0 Å². The van der Waals surface area contributed by atoms with E-state index in [4.69, 9.17) is 5.11 Å². The minimum absolute atomic E-state index is 0.0116. The zero-order valence-corrected chi connectivity index (χ0v) is 13.0. The van der Waals surface area contributed by atoms with Crippen LogP contribution in [0, 0.1) is 0 Å². The molecule has 1 heterocycles. The van der Waals surface area contributed by atoms with Gasteiger partial charge in [-0.25, -0.2) is 23.4 Å². The highest BCUT2D eigenvalue weighted by atomic mass is 32.2. The fourth-order valence-electron chi connectivity index (χ4n) is 2.08. The van der Waals surface area contributed by atoms with Crippen LogP contribution in [0.3, 0.4) is 0 Å². The van der Waals surface area contributed by atoms with E-state index in [2.05, 4.69) is 15.2 Å². The minimum Gasteiger partial charge on any atom is -0.463 e. The fourth-order valence-corrected chi connectivity index (χ4v) is 2.81. The molecule has 0 aliphatic carbocycles. The normalized spacial score (nSPS) is 20.8. The van der Waals surface area contributed by atoms with Crippen molar-refractivity contribution in [1.29, 1.82) is 0 Å². The Bertz CT molecular complexity index is 788. The highest BCUT2D eigenvalue weighted by Crippen LogP contribution is 2.25. The second-order valence-corrected chi connectivity index (χ2v) is 6.69. The molecule has 11 heteroatoms. The Morgan fingerprint density at radius 1 is 1.35 bits per heavy atom. The van der Waals surface area contributed by atoms with E-state index in [0.29, 0.717) is 0 Å². The van der Waals surface area contributed by atoms with Crippen molar-refractivity contribution in [3.8, 4) is 0 Å². The van der Waals surface area contributed by atoms with Crippen LogP contribution >= 0.6 is 0 Å². The van der Waals surface area contributed by atoms with Crippen molar-refractivity contribution in [3.63, 3.8) is 0 Å². The molecule has 4 N–H and O–H groups in total. The van der Waals surface area contributed by atoms with E-state index in [-0.39, 0.29) is 21.2 Å². The van der Waals surface area contributed by atoms with E-state index in [1.165, 1.54) is 38.2 Å². The Morgan fingerprint density at radius 2 is 1.91 bits per heavy atom. The van der Waals surface area contributed by atoms with Gasteiger partial charge in [0.1, 0.15) is 5.71 Å². The largest absolute Gasteiger partial charge is 0.463 e. The Hall–Kier alpha value is -2.50. The molecule has 1 atom stereocenters. The number of hydrogen-bond donors (Lipinski definition) is 4. The number of sulfonamides is 1. The summed E-state index contributed by atoms with van der Waals surface area (Å²) < 4.78 is 25.5. The molecule has 10 nitrogen and oxygen atoms in total. The van der Waals surface area contributed by atoms with Crippen LogP contribution in [0.25, 0.3) is 0 Å². The molecule has 23 heavy (non-hydrogen) atoms. The number of carboxylic acid groups (broad SMARTS) is 1. The number of hydrogen-bond acceptors (Lipinski definition) is 6. The summed E-state index contributed by atoms with van der Waals surface area (Å²) in [6.07, 6.45) is -1.73. The van der Waals surface area contributed by atoms with Gasteiger partial charge >= 0.3 is 6.09 Å². The first kappa shape index (κ1) is 16.9. The van der Waals surface area contributed by atoms with Gasteiger partial charge in [-0.05, 0) is 26.1 Å². The lowest BCUT2D eigenvalue weighted by Gasteiger charge is -2.29. The number of nitrogens with one attached hydrogen (secondary N) is 2. The minimum atomic E-state index is -3.63. The molecule has 1 aromatic carbocycles. The summed E-state index contributed by atoms with van der Waals surface area (Å²) >= 11 is 0. The predicted molar refractivity (Wildman–Crippen MR) is 77.4 cm³/mol. The van der Waals surface area contributed by atoms with E-state index in [9.17, 15) is 23.2 Å². The lowest BCUT2D eigenvalue weighted by molar-refractivity contribution is -0.148. The van der Waals surface area contributed by atoms with Crippen LogP contribution in [0.4, 0.5) is 4.79 Å². The first-order valence-electron chi connectivity index (χ1n) is 6.29. The van der Waals surface area contributed by atoms with Crippen molar-refractivity contribution in [2.45, 2.75) is 17.4 Å². The molecule has 0 aromatic heterocycles. The quantitative estimate of drug-likeness (QED) is 0.430. The molecule has 0 saturated heterocycles. The monoisotopic (exact) mass is 342 g/mol. The molecule has 0 spiro atoms. The third-order valence-corrected chi connectivity index (χ3v) is 4.91. The third kappa shape index (κ3) is 2.65. The Morgan fingerprint density at radius 3 is 2.39 bits per heavy atom. The fraction of sp³-hybridized carbons (Fsp3) is 0.250. The second-order valence-electron chi connectivity index (χ2n) is 4.80. The van der Waals surface area contributed by atoms with Crippen LogP contribution in [-0.4, -0.2) is 54.1 Å². The van der Waals surface area contributed by atoms with Crippen molar-refractivity contribution >= 4 is 27.7 Å². The zero-order chi connectivity index (χ0) is 17.4. The molecular weight excluding hydrogens is 328 g/mol. The maximum absolute atomic E-state index is 11.9. The van der Waals surface area contributed by atoms with Crippen LogP contribution in [0.2, 0.25) is 0 Å². The Labute approximate surface area is 131 Å². The molecule has 1 aliphatic rings. The number of amides is 2. The molecule has 124 valence electrons. The molecule has 2 amide bonds. The Balaban J connectivity index is 2.45. The smallest absolute Gasteiger partial charge is 0.432 e. The molecule has 1 unspecified atom stereocenters. The molecule has 1 aliphatic heterocycles. The SMILES string of the molecule is CNS(=O)(=O)c1ccc(C2=NNC(=O)C2(C)N(O)C(=O)O)cc1. The first-order valence-corrected chi connectivity index (χ1v) is 7.77. The molecular formula is C12H14N4O6S. The number of carbonyl (C=O) groups is 2. The molecule has 0 radical (unpaired) electrons. The van der Waals surface area contributed by atoms with Gasteiger partial charge in [-0.1, -0.05) is 12.1 Å². The maximum atomic E-state index is 11.9. The van der Waals surface area contributed by atoms with Gasteiger partial charge in [0.2, 0.25) is 10.0 Å². The Kier molecular flexibility index (Phi) is 4.11. The van der Waals surface area contributed by atoms with Gasteiger partial charge in [0.15, 0.2) is 5.54 Å². The number of carbonyl (C=O) groups excluding carboxylic acids is 1. The summed E-state index contributed by atoms with van der Waals surface area (Å²) in [5, 5.41) is 22.2. The van der Waals surface area contributed by atoms with Crippen molar-refractivity contribution < 1.29 is 28.3 Å². The molecule has 1 aromatic rings. The molecule has 2 rings (SSSR count). The molecule has 0 fully saturated rings. The van der Waals surface area contributed by atoms with Crippen LogP contribution in [-0.2, 0) is 14.8 Å². The average Bonchev–Trinajstić information content (AvgIpc) is 2.83. The van der Waals surface area contributed by atoms with Crippen molar-refractivity contribution in [2.24, 2.45) is 5.10 Å². The number of benzene rings is 1. The van der Waals surface area contributed by atoms with Gasteiger partial charge in [0.05, 0.1) is 4.90 Å². The first-order chi connectivity index (χ1) is 10.6. The maximum Gasteiger partial charge on any atom is 0.432 e. The van der Waals surface area contributed by atoms with Crippen LogP contribution in [0.15, 0.2) is 34.3 Å². The van der Waals surface area contributed by atoms with Gasteiger partial charge in [-0.15, -0.1) is 0 Å². The summed E-state index contributed by atoms with van der Waals surface area (Å²) in [5.41, 5.74) is 0.379. The topological polar surface area (TPSA) is 148 Å². The highest BCUT2D eigenvalue weighted by molar-refractivity contribution is 7.89. The summed E-state index contributed by atoms with van der Waals surface area (Å²) in [6, 6.07) is 5.26. The van der Waals surface area contributed by atoms with Gasteiger partial charge < -0.3 is 5.11 Å². The molecule has 0 bridgehead atoms. The van der Waals surface area contributed by atoms with Gasteiger partial charge in [0, 0.05) is 5.56 Å². The van der Waals surface area contributed by atoms with E-state index in [1.54, 1.807) is 0 Å². The second kappa shape index (κ2) is 5.61. The lowest BCUT2D eigenvalue weighted by atomic mass is 9.90. The summed E-state index contributed by atoms with van der Waals surface area (Å²) in [7, 11) is -2.37. The van der Waals surface area contributed by atoms with Crippen LogP contribution in [0.5, 0.6) is 0 Å². The van der Waals surface area contributed by atoms with Crippen molar-refractivity contribution in [2.75, 3.05) is 7.05 Å². The van der Waals surface area contributed by atoms with E-state index < -0.39 is 27.6 Å². The highest BCUT2D eigenvalue weighted by Gasteiger charge is 2.51. The standard InChI is InChI=1S/C12H14N4O6S/c1-12(16(20)11(18)19)9(14-15-10(12)17)7-3-5-8(6-4-7)23(21,22)13-2/h3-6,13,20H,1-2H3,(H,15,17)(H,18,19). The van der Waals surface area contributed by atoms with E-state index in [0.717, 1.165) is 0 Å². The summed E-state index contributed by atoms with van der Waals surface area (Å²) in [4.78, 5) is 22.9. The van der Waals surface area contributed by atoms with Crippen molar-refractivity contribution in [3.05, 3.63) is 29.8 Å². The summed E-state index contributed by atoms with van der Waals surface area (Å²) in [5.74, 6) is -0.829. The van der Waals surface area contributed by atoms with Crippen LogP contribution in [0.1, 0.15) is 12.5 Å². The third-order valence-electron chi connectivity index (χ3n) is 3.48. The van der Waals surface area contributed by atoms with Gasteiger partial charge in [0.25, 0.3) is 5.91 Å². The van der Waals surface area contributed by atoms with E-state index in [1.807, 2.05) is 0 Å². The van der Waals surface area contributed by atoms with Crippen molar-refractivity contribution in [1.82, 2.24) is 15.2 Å². The lowest BCUT2D eigenvalue weighted by Crippen LogP contribution is -2.57. The van der Waals surface area contributed by atoms with Crippen LogP contribution < -0.4 is 10.1 Å². The number of rotatable bonds is 4. The number of hydroxylamine groups is 2. The number of hydrazone groups is 1.